The fraction of sp³-hybridized carbons (Fsp3) is 0.100. The third kappa shape index (κ3) is 5.69. The van der Waals surface area contributed by atoms with Crippen LogP contribution in [0.15, 0.2) is 59.1 Å². The monoisotopic (exact) mass is 503 g/mol. The number of hydrogen-bond donors (Lipinski definition) is 1. The van der Waals surface area contributed by atoms with Crippen molar-refractivity contribution < 1.29 is 4.74 Å². The van der Waals surface area contributed by atoms with E-state index in [1.807, 2.05) is 54.6 Å². The molecule has 0 fully saturated rings. The summed E-state index contributed by atoms with van der Waals surface area (Å²) in [6.45, 7) is 0.903. The van der Waals surface area contributed by atoms with Crippen LogP contribution in [0.5, 0.6) is 5.75 Å². The summed E-state index contributed by atoms with van der Waals surface area (Å²) in [6, 6.07) is 16.7. The Morgan fingerprint density at radius 3 is 2.07 bits per heavy atom. The number of rotatable bonds is 6. The maximum atomic E-state index is 6.37. The van der Waals surface area contributed by atoms with E-state index in [2.05, 4.69) is 21.2 Å². The van der Waals surface area contributed by atoms with Gasteiger partial charge in [0.25, 0.3) is 0 Å². The Bertz CT molecular complexity index is 924. The standard InChI is InChI=1S/C20H14BrCl4NO/c21-16-6-5-15(9-17(16)23)26-10-13-7-18(24)20(19(25)8-13)27-11-12-1-3-14(22)4-2-12/h1-9,26H,10-11H2. The van der Waals surface area contributed by atoms with Gasteiger partial charge in [-0.25, -0.2) is 0 Å². The highest BCUT2D eigenvalue weighted by Gasteiger charge is 2.11. The molecule has 7 heteroatoms. The molecule has 0 saturated heterocycles. The molecule has 0 aliphatic rings. The average Bonchev–Trinajstić information content (AvgIpc) is 2.63. The Morgan fingerprint density at radius 2 is 1.44 bits per heavy atom. The van der Waals surface area contributed by atoms with Crippen LogP contribution >= 0.6 is 62.3 Å². The summed E-state index contributed by atoms with van der Waals surface area (Å²) in [6.07, 6.45) is 0. The van der Waals surface area contributed by atoms with Crippen LogP contribution in [-0.4, -0.2) is 0 Å². The summed E-state index contributed by atoms with van der Waals surface area (Å²) < 4.78 is 6.64. The van der Waals surface area contributed by atoms with E-state index in [0.29, 0.717) is 39.0 Å². The van der Waals surface area contributed by atoms with Crippen LogP contribution in [0.4, 0.5) is 5.69 Å². The van der Waals surface area contributed by atoms with Crippen molar-refractivity contribution in [1.29, 1.82) is 0 Å². The Morgan fingerprint density at radius 1 is 0.778 bits per heavy atom. The highest BCUT2D eigenvalue weighted by Crippen LogP contribution is 2.35. The fourth-order valence-electron chi connectivity index (χ4n) is 2.40. The maximum absolute atomic E-state index is 6.37. The first kappa shape index (κ1) is 20.6. The molecule has 0 atom stereocenters. The fourth-order valence-corrected chi connectivity index (χ4v) is 3.59. The van der Waals surface area contributed by atoms with Gasteiger partial charge in [0.2, 0.25) is 0 Å². The maximum Gasteiger partial charge on any atom is 0.156 e. The van der Waals surface area contributed by atoms with Crippen LogP contribution in [-0.2, 0) is 13.2 Å². The number of hydrogen-bond acceptors (Lipinski definition) is 2. The van der Waals surface area contributed by atoms with E-state index < -0.39 is 0 Å². The summed E-state index contributed by atoms with van der Waals surface area (Å²) in [4.78, 5) is 0. The summed E-state index contributed by atoms with van der Waals surface area (Å²) in [5.41, 5.74) is 2.81. The first-order valence-electron chi connectivity index (χ1n) is 7.96. The third-order valence-corrected chi connectivity index (χ3v) is 5.82. The Balaban J connectivity index is 1.66. The average molecular weight is 506 g/mol. The number of nitrogens with one attached hydrogen (secondary N) is 1. The minimum Gasteiger partial charge on any atom is -0.486 e. The Labute approximate surface area is 186 Å². The lowest BCUT2D eigenvalue weighted by molar-refractivity contribution is 0.306. The predicted octanol–water partition coefficient (Wildman–Crippen LogP) is 8.25. The first-order chi connectivity index (χ1) is 12.9. The molecule has 27 heavy (non-hydrogen) atoms. The molecule has 1 N–H and O–H groups in total. The minimum atomic E-state index is 0.353. The van der Waals surface area contributed by atoms with Gasteiger partial charge in [-0.15, -0.1) is 0 Å². The van der Waals surface area contributed by atoms with Crippen LogP contribution in [0.1, 0.15) is 11.1 Å². The number of anilines is 1. The molecule has 0 aromatic heterocycles. The largest absolute Gasteiger partial charge is 0.486 e. The smallest absolute Gasteiger partial charge is 0.156 e. The van der Waals surface area contributed by atoms with Gasteiger partial charge in [-0.2, -0.15) is 0 Å². The number of benzene rings is 3. The van der Waals surface area contributed by atoms with E-state index in [1.165, 1.54) is 0 Å². The van der Waals surface area contributed by atoms with Crippen molar-refractivity contribution in [3.05, 3.63) is 90.3 Å². The Hall–Kier alpha value is -1.10. The Kier molecular flexibility index (Phi) is 7.18. The third-order valence-electron chi connectivity index (χ3n) is 3.77. The normalized spacial score (nSPS) is 10.7. The van der Waals surface area contributed by atoms with Crippen LogP contribution < -0.4 is 10.1 Å². The molecule has 140 valence electrons. The van der Waals surface area contributed by atoms with Crippen LogP contribution in [0.3, 0.4) is 0 Å². The van der Waals surface area contributed by atoms with Crippen LogP contribution in [0.25, 0.3) is 0 Å². The van der Waals surface area contributed by atoms with Gasteiger partial charge in [0.1, 0.15) is 6.61 Å². The lowest BCUT2D eigenvalue weighted by Crippen LogP contribution is -2.01. The van der Waals surface area contributed by atoms with Gasteiger partial charge in [0.15, 0.2) is 5.75 Å². The molecule has 0 unspecified atom stereocenters. The van der Waals surface area contributed by atoms with E-state index in [9.17, 15) is 0 Å². The van der Waals surface area contributed by atoms with Crippen LogP contribution in [0.2, 0.25) is 20.1 Å². The molecule has 3 aromatic rings. The molecule has 0 aliphatic carbocycles. The van der Waals surface area contributed by atoms with Gasteiger partial charge in [0, 0.05) is 21.7 Å². The van der Waals surface area contributed by atoms with Gasteiger partial charge < -0.3 is 10.1 Å². The summed E-state index contributed by atoms with van der Waals surface area (Å²) >= 11 is 28.1. The first-order valence-corrected chi connectivity index (χ1v) is 10.3. The second kappa shape index (κ2) is 9.40. The van der Waals surface area contributed by atoms with E-state index in [1.54, 1.807) is 0 Å². The lowest BCUT2D eigenvalue weighted by atomic mass is 10.2. The second-order valence-electron chi connectivity index (χ2n) is 5.79. The molecule has 0 saturated carbocycles. The molecule has 3 aromatic carbocycles. The second-order valence-corrected chi connectivity index (χ2v) is 8.30. The van der Waals surface area contributed by atoms with Crippen molar-refractivity contribution in [2.24, 2.45) is 0 Å². The van der Waals surface area contributed by atoms with E-state index in [-0.39, 0.29) is 0 Å². The molecular weight excluding hydrogens is 492 g/mol. The zero-order valence-electron chi connectivity index (χ0n) is 13.9. The molecule has 0 spiro atoms. The lowest BCUT2D eigenvalue weighted by Gasteiger charge is -2.13. The summed E-state index contributed by atoms with van der Waals surface area (Å²) in [5, 5.41) is 5.53. The van der Waals surface area contributed by atoms with Crippen molar-refractivity contribution in [1.82, 2.24) is 0 Å². The number of halogens is 5. The minimum absolute atomic E-state index is 0.353. The van der Waals surface area contributed by atoms with Crippen LogP contribution in [0, 0.1) is 0 Å². The highest BCUT2D eigenvalue weighted by molar-refractivity contribution is 9.10. The molecule has 0 radical (unpaired) electrons. The topological polar surface area (TPSA) is 21.3 Å². The van der Waals surface area contributed by atoms with E-state index in [4.69, 9.17) is 51.1 Å². The van der Waals surface area contributed by atoms with Gasteiger partial charge in [0.05, 0.1) is 15.1 Å². The number of ether oxygens (including phenoxy) is 1. The highest BCUT2D eigenvalue weighted by atomic mass is 79.9. The molecule has 0 amide bonds. The van der Waals surface area contributed by atoms with Gasteiger partial charge >= 0.3 is 0 Å². The van der Waals surface area contributed by atoms with Gasteiger partial charge in [-0.3, -0.25) is 0 Å². The van der Waals surface area contributed by atoms with E-state index in [0.717, 1.165) is 21.3 Å². The van der Waals surface area contributed by atoms with Gasteiger partial charge in [-0.1, -0.05) is 58.5 Å². The van der Waals surface area contributed by atoms with Crippen molar-refractivity contribution >= 4 is 68.0 Å². The molecule has 3 rings (SSSR count). The van der Waals surface area contributed by atoms with Gasteiger partial charge in [-0.05, 0) is 69.5 Å². The SMILES string of the molecule is Clc1ccc(COc2c(Cl)cc(CNc3ccc(Br)c(Cl)c3)cc2Cl)cc1. The molecule has 0 heterocycles. The molecule has 2 nitrogen and oxygen atoms in total. The van der Waals surface area contributed by atoms with Crippen molar-refractivity contribution in [2.75, 3.05) is 5.32 Å². The molecular formula is C20H14BrCl4NO. The zero-order chi connectivity index (χ0) is 19.4. The summed E-state index contributed by atoms with van der Waals surface area (Å²) in [5.74, 6) is 0.462. The quantitative estimate of drug-likeness (QED) is 0.364. The molecule has 0 aliphatic heterocycles. The van der Waals surface area contributed by atoms with Crippen molar-refractivity contribution in [2.45, 2.75) is 13.2 Å². The summed E-state index contributed by atoms with van der Waals surface area (Å²) in [7, 11) is 0. The zero-order valence-corrected chi connectivity index (χ0v) is 18.5. The predicted molar refractivity (Wildman–Crippen MR) is 119 cm³/mol. The molecule has 0 bridgehead atoms. The van der Waals surface area contributed by atoms with Crippen molar-refractivity contribution in [3.8, 4) is 5.75 Å². The van der Waals surface area contributed by atoms with E-state index >= 15 is 0 Å². The van der Waals surface area contributed by atoms with Crippen molar-refractivity contribution in [3.63, 3.8) is 0 Å².